The Morgan fingerprint density at radius 1 is 1.18 bits per heavy atom. The molecule has 3 aromatic rings. The van der Waals surface area contributed by atoms with E-state index >= 15 is 0 Å². The topological polar surface area (TPSA) is 74.8 Å². The molecule has 0 saturated carbocycles. The molecule has 0 aliphatic carbocycles. The van der Waals surface area contributed by atoms with Crippen molar-refractivity contribution < 1.29 is 9.50 Å². The number of aliphatic hydroxyl groups excluding tert-OH is 1. The predicted molar refractivity (Wildman–Crippen MR) is 127 cm³/mol. The van der Waals surface area contributed by atoms with Gasteiger partial charge in [0.2, 0.25) is 11.6 Å². The van der Waals surface area contributed by atoms with Crippen LogP contribution >= 0.6 is 0 Å². The van der Waals surface area contributed by atoms with Crippen molar-refractivity contribution in [3.05, 3.63) is 75.6 Å². The lowest BCUT2D eigenvalue weighted by Crippen LogP contribution is -2.43. The van der Waals surface area contributed by atoms with Crippen LogP contribution in [0.3, 0.4) is 0 Å². The highest BCUT2D eigenvalue weighted by Crippen LogP contribution is 2.33. The van der Waals surface area contributed by atoms with E-state index in [-0.39, 0.29) is 17.9 Å². The summed E-state index contributed by atoms with van der Waals surface area (Å²) in [4.78, 5) is 23.7. The van der Waals surface area contributed by atoms with Gasteiger partial charge in [0.25, 0.3) is 5.56 Å². The van der Waals surface area contributed by atoms with Gasteiger partial charge in [0.15, 0.2) is 0 Å². The van der Waals surface area contributed by atoms with Crippen molar-refractivity contribution in [3.63, 3.8) is 0 Å². The molecular formula is C25H26FN5O2. The van der Waals surface area contributed by atoms with Crippen molar-refractivity contribution in [2.75, 3.05) is 25.0 Å². The van der Waals surface area contributed by atoms with Crippen LogP contribution in [-0.4, -0.2) is 40.8 Å². The van der Waals surface area contributed by atoms with E-state index in [0.717, 1.165) is 31.5 Å². The van der Waals surface area contributed by atoms with Crippen LogP contribution in [0, 0.1) is 12.4 Å². The van der Waals surface area contributed by atoms with E-state index in [1.165, 1.54) is 12.1 Å². The molecule has 0 spiro atoms. The van der Waals surface area contributed by atoms with Crippen LogP contribution in [0.5, 0.6) is 0 Å². The van der Waals surface area contributed by atoms with Crippen LogP contribution in [0.4, 0.5) is 16.0 Å². The minimum atomic E-state index is -0.650. The van der Waals surface area contributed by atoms with Crippen LogP contribution in [-0.2, 0) is 13.7 Å². The second-order valence-electron chi connectivity index (χ2n) is 8.18. The number of piperidine rings is 1. The number of hydrogen-bond acceptors (Lipinski definition) is 5. The highest BCUT2D eigenvalue weighted by Gasteiger charge is 2.25. The molecule has 33 heavy (non-hydrogen) atoms. The number of halogens is 1. The Morgan fingerprint density at radius 3 is 2.42 bits per heavy atom. The molecule has 1 aromatic heterocycles. The Balaban J connectivity index is 1.90. The lowest BCUT2D eigenvalue weighted by Gasteiger charge is -2.33. The molecule has 0 unspecified atom stereocenters. The summed E-state index contributed by atoms with van der Waals surface area (Å²) >= 11 is 0. The Kier molecular flexibility index (Phi) is 6.54. The second-order valence-corrected chi connectivity index (χ2v) is 8.18. The third-order valence-corrected chi connectivity index (χ3v) is 6.22. The fourth-order valence-electron chi connectivity index (χ4n) is 4.23. The third-order valence-electron chi connectivity index (χ3n) is 6.22. The standard InChI is InChI=1S/C25H26FN5O2/c1-27-19-10-12-31(13-11-19)25-29-23(18-8-9-21(28-2)20(26)14-18)22(24(33)30(25)3)17-6-4-16(15-32)5-7-17/h4-9,14,19,27,32H,10-13,15H2,1,3H3. The maximum absolute atomic E-state index is 14.5. The molecule has 2 N–H and O–H groups in total. The first-order chi connectivity index (χ1) is 16.0. The van der Waals surface area contributed by atoms with Gasteiger partial charge in [-0.3, -0.25) is 9.36 Å². The Bertz CT molecular complexity index is 1260. The van der Waals surface area contributed by atoms with E-state index in [1.807, 2.05) is 7.05 Å². The summed E-state index contributed by atoms with van der Waals surface area (Å²) in [5.74, 6) is -0.113. The molecule has 2 aromatic carbocycles. The quantitative estimate of drug-likeness (QED) is 0.586. The summed E-state index contributed by atoms with van der Waals surface area (Å²) in [5, 5.41) is 12.7. The fraction of sp³-hybridized carbons (Fsp3) is 0.320. The van der Waals surface area contributed by atoms with Crippen molar-refractivity contribution in [2.24, 2.45) is 7.05 Å². The number of anilines is 1. The summed E-state index contributed by atoms with van der Waals surface area (Å²) in [6, 6.07) is 11.7. The molecule has 8 heteroatoms. The predicted octanol–water partition coefficient (Wildman–Crippen LogP) is 3.48. The van der Waals surface area contributed by atoms with Gasteiger partial charge < -0.3 is 15.3 Å². The van der Waals surface area contributed by atoms with Gasteiger partial charge in [-0.05, 0) is 37.1 Å². The highest BCUT2D eigenvalue weighted by molar-refractivity contribution is 5.81. The van der Waals surface area contributed by atoms with Gasteiger partial charge in [-0.15, -0.1) is 0 Å². The number of nitrogens with zero attached hydrogens (tertiary/aromatic N) is 4. The molecule has 0 atom stereocenters. The Hall–Kier alpha value is -3.54. The summed E-state index contributed by atoms with van der Waals surface area (Å²) in [6.07, 6.45) is 1.86. The molecular weight excluding hydrogens is 421 g/mol. The SMILES string of the molecule is [C-]#[N+]c1ccc(-c2nc(N3CCC(NC)CC3)n(C)c(=O)c2-c2ccc(CO)cc2)cc1F. The molecule has 0 amide bonds. The maximum atomic E-state index is 14.5. The summed E-state index contributed by atoms with van der Waals surface area (Å²) in [5.41, 5.74) is 2.20. The first-order valence-corrected chi connectivity index (χ1v) is 10.9. The average molecular weight is 448 g/mol. The number of aromatic nitrogens is 2. The smallest absolute Gasteiger partial charge is 0.263 e. The third kappa shape index (κ3) is 4.38. The summed E-state index contributed by atoms with van der Waals surface area (Å²) in [6.45, 7) is 8.52. The summed E-state index contributed by atoms with van der Waals surface area (Å²) < 4.78 is 16.1. The number of nitrogens with one attached hydrogen (secondary N) is 1. The van der Waals surface area contributed by atoms with Crippen molar-refractivity contribution >= 4 is 11.6 Å². The normalized spacial score (nSPS) is 14.3. The first kappa shape index (κ1) is 22.6. The lowest BCUT2D eigenvalue weighted by molar-refractivity contribution is 0.282. The van der Waals surface area contributed by atoms with Crippen LogP contribution in [0.1, 0.15) is 18.4 Å². The first-order valence-electron chi connectivity index (χ1n) is 10.9. The molecule has 4 rings (SSSR count). The zero-order valence-electron chi connectivity index (χ0n) is 18.7. The van der Waals surface area contributed by atoms with E-state index < -0.39 is 5.82 Å². The van der Waals surface area contributed by atoms with Gasteiger partial charge >= 0.3 is 0 Å². The zero-order chi connectivity index (χ0) is 23.5. The fourth-order valence-corrected chi connectivity index (χ4v) is 4.23. The van der Waals surface area contributed by atoms with E-state index in [0.29, 0.717) is 34.4 Å². The molecule has 1 aliphatic heterocycles. The van der Waals surface area contributed by atoms with Gasteiger partial charge in [-0.25, -0.2) is 14.2 Å². The number of aliphatic hydroxyl groups is 1. The molecule has 1 saturated heterocycles. The largest absolute Gasteiger partial charge is 0.392 e. The maximum Gasteiger partial charge on any atom is 0.263 e. The van der Waals surface area contributed by atoms with Crippen LogP contribution in [0.2, 0.25) is 0 Å². The molecule has 1 fully saturated rings. The van der Waals surface area contributed by atoms with E-state index in [2.05, 4.69) is 15.1 Å². The summed E-state index contributed by atoms with van der Waals surface area (Å²) in [7, 11) is 3.65. The zero-order valence-corrected chi connectivity index (χ0v) is 18.7. The number of hydrogen-bond donors (Lipinski definition) is 2. The van der Waals surface area contributed by atoms with Crippen LogP contribution in [0.25, 0.3) is 27.2 Å². The van der Waals surface area contributed by atoms with Crippen LogP contribution < -0.4 is 15.8 Å². The number of benzene rings is 2. The van der Waals surface area contributed by atoms with Gasteiger partial charge in [0.05, 0.1) is 24.4 Å². The lowest BCUT2D eigenvalue weighted by atomic mass is 9.99. The minimum absolute atomic E-state index is 0.0780. The van der Waals surface area contributed by atoms with E-state index in [1.54, 1.807) is 41.9 Å². The average Bonchev–Trinajstić information content (AvgIpc) is 2.85. The van der Waals surface area contributed by atoms with Gasteiger partial charge in [-0.2, -0.15) is 0 Å². The van der Waals surface area contributed by atoms with Crippen LogP contribution in [0.15, 0.2) is 47.3 Å². The molecule has 0 bridgehead atoms. The number of rotatable bonds is 5. The monoisotopic (exact) mass is 447 g/mol. The van der Waals surface area contributed by atoms with Gasteiger partial charge in [0.1, 0.15) is 5.82 Å². The molecule has 2 heterocycles. The second kappa shape index (κ2) is 9.53. The Labute approximate surface area is 192 Å². The van der Waals surface area contributed by atoms with Crippen molar-refractivity contribution in [1.82, 2.24) is 14.9 Å². The van der Waals surface area contributed by atoms with E-state index in [4.69, 9.17) is 11.6 Å². The molecule has 7 nitrogen and oxygen atoms in total. The molecule has 1 aliphatic rings. The molecule has 0 radical (unpaired) electrons. The van der Waals surface area contributed by atoms with Gasteiger partial charge in [-0.1, -0.05) is 36.4 Å². The molecule has 170 valence electrons. The van der Waals surface area contributed by atoms with Crippen molar-refractivity contribution in [2.45, 2.75) is 25.5 Å². The Morgan fingerprint density at radius 2 is 1.85 bits per heavy atom. The van der Waals surface area contributed by atoms with E-state index in [9.17, 15) is 14.3 Å². The van der Waals surface area contributed by atoms with Crippen molar-refractivity contribution in [3.8, 4) is 22.4 Å². The minimum Gasteiger partial charge on any atom is -0.392 e. The van der Waals surface area contributed by atoms with Gasteiger partial charge in [0, 0.05) is 31.7 Å². The van der Waals surface area contributed by atoms with Crippen molar-refractivity contribution in [1.29, 1.82) is 0 Å². The highest BCUT2D eigenvalue weighted by atomic mass is 19.1.